The number of likely N-dealkylation sites (N-methyl/N-ethyl adjacent to an activating group) is 1. The van der Waals surface area contributed by atoms with Crippen molar-refractivity contribution in [2.45, 2.75) is 58.1 Å². The number of hydrogen-bond acceptors (Lipinski definition) is 4. The molecule has 106 valence electrons. The highest BCUT2D eigenvalue weighted by atomic mass is 16.5. The lowest BCUT2D eigenvalue weighted by Gasteiger charge is -2.36. The van der Waals surface area contributed by atoms with Gasteiger partial charge in [-0.1, -0.05) is 13.8 Å². The van der Waals surface area contributed by atoms with Crippen molar-refractivity contribution in [3.63, 3.8) is 0 Å². The minimum absolute atomic E-state index is 0.273. The van der Waals surface area contributed by atoms with Crippen LogP contribution in [0.2, 0.25) is 0 Å². The van der Waals surface area contributed by atoms with E-state index in [1.807, 2.05) is 6.92 Å². The summed E-state index contributed by atoms with van der Waals surface area (Å²) >= 11 is 0. The van der Waals surface area contributed by atoms with Crippen molar-refractivity contribution in [2.75, 3.05) is 20.8 Å². The molecule has 1 aliphatic carbocycles. The molecule has 18 heavy (non-hydrogen) atoms. The Kier molecular flexibility index (Phi) is 5.17. The van der Waals surface area contributed by atoms with Crippen LogP contribution in [0.4, 0.5) is 0 Å². The Labute approximate surface area is 110 Å². The average molecular weight is 257 g/mol. The second kappa shape index (κ2) is 6.02. The number of ether oxygens (including phenoxy) is 2. The lowest BCUT2D eigenvalue weighted by molar-refractivity contribution is -0.152. The van der Waals surface area contributed by atoms with Crippen molar-refractivity contribution in [1.82, 2.24) is 5.32 Å². The molecule has 0 heterocycles. The summed E-state index contributed by atoms with van der Waals surface area (Å²) in [5.74, 6) is -0.277. The quantitative estimate of drug-likeness (QED) is 0.766. The molecule has 0 aromatic rings. The van der Waals surface area contributed by atoms with Crippen LogP contribution in [0, 0.1) is 5.41 Å². The minimum Gasteiger partial charge on any atom is -0.468 e. The first-order valence-corrected chi connectivity index (χ1v) is 6.72. The van der Waals surface area contributed by atoms with Gasteiger partial charge in [0, 0.05) is 0 Å². The van der Waals surface area contributed by atoms with Gasteiger partial charge in [0.25, 0.3) is 0 Å². The van der Waals surface area contributed by atoms with Gasteiger partial charge < -0.3 is 14.8 Å². The molecule has 1 N–H and O–H groups in total. The molecule has 0 saturated heterocycles. The molecule has 1 rings (SSSR count). The van der Waals surface area contributed by atoms with Crippen LogP contribution in [0.15, 0.2) is 0 Å². The molecule has 0 spiro atoms. The van der Waals surface area contributed by atoms with Crippen LogP contribution in [0.3, 0.4) is 0 Å². The summed E-state index contributed by atoms with van der Waals surface area (Å²) in [5, 5.41) is 2.99. The third kappa shape index (κ3) is 3.95. The van der Waals surface area contributed by atoms with E-state index in [1.54, 1.807) is 7.05 Å². The molecule has 1 atom stereocenters. The number of hydrogen-bond donors (Lipinski definition) is 1. The molecule has 1 saturated carbocycles. The molecule has 0 radical (unpaired) electrons. The molecule has 1 unspecified atom stereocenters. The van der Waals surface area contributed by atoms with E-state index in [9.17, 15) is 4.79 Å². The van der Waals surface area contributed by atoms with Crippen molar-refractivity contribution in [3.05, 3.63) is 0 Å². The summed E-state index contributed by atoms with van der Waals surface area (Å²) in [6, 6.07) is 0. The van der Waals surface area contributed by atoms with E-state index in [2.05, 4.69) is 19.2 Å². The highest BCUT2D eigenvalue weighted by molar-refractivity contribution is 5.80. The van der Waals surface area contributed by atoms with E-state index in [0.717, 1.165) is 12.8 Å². The molecule has 4 nitrogen and oxygen atoms in total. The average Bonchev–Trinajstić information content (AvgIpc) is 2.36. The van der Waals surface area contributed by atoms with E-state index < -0.39 is 5.54 Å². The van der Waals surface area contributed by atoms with Crippen LogP contribution in [0.1, 0.15) is 46.5 Å². The van der Waals surface area contributed by atoms with Crippen LogP contribution in [-0.2, 0) is 14.3 Å². The molecule has 0 aromatic heterocycles. The summed E-state index contributed by atoms with van der Waals surface area (Å²) in [6.07, 6.45) is 4.80. The zero-order chi connectivity index (χ0) is 13.8. The van der Waals surface area contributed by atoms with Crippen molar-refractivity contribution in [3.8, 4) is 0 Å². The zero-order valence-electron chi connectivity index (χ0n) is 12.3. The third-order valence-electron chi connectivity index (χ3n) is 4.08. The van der Waals surface area contributed by atoms with Crippen molar-refractivity contribution < 1.29 is 14.3 Å². The normalized spacial score (nSPS) is 23.4. The van der Waals surface area contributed by atoms with Gasteiger partial charge in [0.1, 0.15) is 5.54 Å². The van der Waals surface area contributed by atoms with Gasteiger partial charge in [-0.25, -0.2) is 4.79 Å². The predicted octanol–water partition coefficient (Wildman–Crippen LogP) is 2.12. The Balaban J connectivity index is 2.43. The van der Waals surface area contributed by atoms with E-state index in [4.69, 9.17) is 9.47 Å². The smallest absolute Gasteiger partial charge is 0.328 e. The Hall–Kier alpha value is -0.610. The summed E-state index contributed by atoms with van der Waals surface area (Å²) in [7, 11) is 3.16. The molecular formula is C14H27NO3. The summed E-state index contributed by atoms with van der Waals surface area (Å²) < 4.78 is 10.7. The Bertz CT molecular complexity index is 281. The number of rotatable bonds is 5. The highest BCUT2D eigenvalue weighted by Crippen LogP contribution is 2.36. The Morgan fingerprint density at radius 1 is 1.39 bits per heavy atom. The van der Waals surface area contributed by atoms with Crippen LogP contribution in [0.25, 0.3) is 0 Å². The van der Waals surface area contributed by atoms with Gasteiger partial charge in [0.2, 0.25) is 0 Å². The largest absolute Gasteiger partial charge is 0.468 e. The predicted molar refractivity (Wildman–Crippen MR) is 71.5 cm³/mol. The standard InChI is InChI=1S/C14H27NO3/c1-13(2)8-6-11(7-9-13)18-10-14(3,15-4)12(16)17-5/h11,15H,6-10H2,1-5H3. The van der Waals surface area contributed by atoms with Crippen LogP contribution < -0.4 is 5.32 Å². The number of carbonyl (C=O) groups excluding carboxylic acids is 1. The summed E-state index contributed by atoms with van der Waals surface area (Å²) in [4.78, 5) is 11.7. The second-order valence-electron chi connectivity index (χ2n) is 6.25. The highest BCUT2D eigenvalue weighted by Gasteiger charge is 2.35. The van der Waals surface area contributed by atoms with Crippen LogP contribution >= 0.6 is 0 Å². The van der Waals surface area contributed by atoms with E-state index >= 15 is 0 Å². The van der Waals surface area contributed by atoms with Crippen LogP contribution in [0.5, 0.6) is 0 Å². The Morgan fingerprint density at radius 2 is 1.94 bits per heavy atom. The van der Waals surface area contributed by atoms with Gasteiger partial charge in [0.15, 0.2) is 0 Å². The van der Waals surface area contributed by atoms with E-state index in [-0.39, 0.29) is 12.1 Å². The van der Waals surface area contributed by atoms with Gasteiger partial charge in [-0.15, -0.1) is 0 Å². The lowest BCUT2D eigenvalue weighted by atomic mass is 9.76. The number of carbonyl (C=O) groups is 1. The maximum absolute atomic E-state index is 11.7. The number of methoxy groups -OCH3 is 1. The molecule has 1 fully saturated rings. The molecule has 0 bridgehead atoms. The van der Waals surface area contributed by atoms with Gasteiger partial charge in [0.05, 0.1) is 19.8 Å². The van der Waals surface area contributed by atoms with E-state index in [0.29, 0.717) is 12.0 Å². The third-order valence-corrected chi connectivity index (χ3v) is 4.08. The van der Waals surface area contributed by atoms with Crippen molar-refractivity contribution in [2.24, 2.45) is 5.41 Å². The Morgan fingerprint density at radius 3 is 2.39 bits per heavy atom. The molecule has 0 aliphatic heterocycles. The first-order valence-electron chi connectivity index (χ1n) is 6.72. The molecule has 1 aliphatic rings. The SMILES string of the molecule is CNC(C)(COC1CCC(C)(C)CC1)C(=O)OC. The van der Waals surface area contributed by atoms with E-state index in [1.165, 1.54) is 20.0 Å². The van der Waals surface area contributed by atoms with Crippen molar-refractivity contribution >= 4 is 5.97 Å². The first kappa shape index (κ1) is 15.4. The second-order valence-corrected chi connectivity index (χ2v) is 6.25. The monoisotopic (exact) mass is 257 g/mol. The number of esters is 1. The maximum atomic E-state index is 11.7. The molecule has 4 heteroatoms. The van der Waals surface area contributed by atoms with Crippen molar-refractivity contribution in [1.29, 1.82) is 0 Å². The fourth-order valence-corrected chi connectivity index (χ4v) is 2.28. The van der Waals surface area contributed by atoms with Gasteiger partial charge in [-0.3, -0.25) is 0 Å². The van der Waals surface area contributed by atoms with Crippen LogP contribution in [-0.4, -0.2) is 38.4 Å². The zero-order valence-corrected chi connectivity index (χ0v) is 12.3. The fourth-order valence-electron chi connectivity index (χ4n) is 2.28. The maximum Gasteiger partial charge on any atom is 0.328 e. The van der Waals surface area contributed by atoms with Gasteiger partial charge in [-0.2, -0.15) is 0 Å². The molecular weight excluding hydrogens is 230 g/mol. The molecule has 0 amide bonds. The summed E-state index contributed by atoms with van der Waals surface area (Å²) in [6.45, 7) is 6.78. The van der Waals surface area contributed by atoms with Gasteiger partial charge >= 0.3 is 5.97 Å². The molecule has 0 aromatic carbocycles. The van der Waals surface area contributed by atoms with Gasteiger partial charge in [-0.05, 0) is 45.1 Å². The minimum atomic E-state index is -0.748. The fraction of sp³-hybridized carbons (Fsp3) is 0.929. The summed E-state index contributed by atoms with van der Waals surface area (Å²) in [5.41, 5.74) is -0.309. The lowest BCUT2D eigenvalue weighted by Crippen LogP contribution is -2.52. The first-order chi connectivity index (χ1) is 8.33. The number of nitrogens with one attached hydrogen (secondary N) is 1. The topological polar surface area (TPSA) is 47.6 Å².